The first-order valence-corrected chi connectivity index (χ1v) is 6.23. The van der Waals surface area contributed by atoms with E-state index in [1.807, 2.05) is 0 Å². The zero-order valence-corrected chi connectivity index (χ0v) is 11.3. The average molecular weight is 266 g/mol. The lowest BCUT2D eigenvalue weighted by Crippen LogP contribution is -2.29. The van der Waals surface area contributed by atoms with Gasteiger partial charge in [-0.05, 0) is 13.0 Å². The van der Waals surface area contributed by atoms with Gasteiger partial charge in [0.05, 0.1) is 18.4 Å². The molecule has 1 aromatic rings. The largest absolute Gasteiger partial charge is 0.472 e. The van der Waals surface area contributed by atoms with E-state index in [0.29, 0.717) is 0 Å². The molecule has 1 aromatic heterocycles. The Bertz CT molecular complexity index is 444. The number of carbonyl (C=O) groups is 3. The lowest BCUT2D eigenvalue weighted by Gasteiger charge is -2.14. The predicted molar refractivity (Wildman–Crippen MR) is 67.6 cm³/mol. The minimum Gasteiger partial charge on any atom is -0.472 e. The van der Waals surface area contributed by atoms with Gasteiger partial charge >= 0.3 is 5.97 Å². The van der Waals surface area contributed by atoms with Gasteiger partial charge in [0, 0.05) is 12.3 Å². The standard InChI is InChI=1S/C14H18O5/c1-4-19-14(17)11(7-12(15)9(2)3)13(16)10-5-6-18-8-10/h5-6,8-9,11H,4,7H2,1-3H3. The lowest BCUT2D eigenvalue weighted by atomic mass is 9.91. The molecule has 0 aromatic carbocycles. The molecular weight excluding hydrogens is 248 g/mol. The molecule has 5 heteroatoms. The molecule has 0 spiro atoms. The molecule has 0 aliphatic carbocycles. The van der Waals surface area contributed by atoms with E-state index in [1.54, 1.807) is 20.8 Å². The predicted octanol–water partition coefficient (Wildman–Crippen LogP) is 2.26. The van der Waals surface area contributed by atoms with Crippen molar-refractivity contribution in [1.82, 2.24) is 0 Å². The lowest BCUT2D eigenvalue weighted by molar-refractivity contribution is -0.147. The molecule has 0 saturated heterocycles. The topological polar surface area (TPSA) is 73.6 Å². The maximum absolute atomic E-state index is 12.2. The summed E-state index contributed by atoms with van der Waals surface area (Å²) in [7, 11) is 0. The van der Waals surface area contributed by atoms with Gasteiger partial charge in [-0.25, -0.2) is 0 Å². The summed E-state index contributed by atoms with van der Waals surface area (Å²) in [6.45, 7) is 5.28. The molecule has 19 heavy (non-hydrogen) atoms. The van der Waals surface area contributed by atoms with Crippen LogP contribution >= 0.6 is 0 Å². The van der Waals surface area contributed by atoms with Crippen LogP contribution in [0.15, 0.2) is 23.0 Å². The van der Waals surface area contributed by atoms with Gasteiger partial charge in [-0.1, -0.05) is 13.8 Å². The molecule has 104 valence electrons. The zero-order valence-electron chi connectivity index (χ0n) is 11.3. The van der Waals surface area contributed by atoms with Gasteiger partial charge in [0.25, 0.3) is 0 Å². The minimum atomic E-state index is -1.09. The van der Waals surface area contributed by atoms with Crippen molar-refractivity contribution in [2.45, 2.75) is 27.2 Å². The number of rotatable bonds is 7. The van der Waals surface area contributed by atoms with Crippen LogP contribution < -0.4 is 0 Å². The zero-order chi connectivity index (χ0) is 14.4. The fraction of sp³-hybridized carbons (Fsp3) is 0.500. The van der Waals surface area contributed by atoms with E-state index in [0.717, 1.165) is 0 Å². The third kappa shape index (κ3) is 4.05. The van der Waals surface area contributed by atoms with Crippen LogP contribution in [0.2, 0.25) is 0 Å². The first-order chi connectivity index (χ1) is 8.97. The molecule has 1 atom stereocenters. The van der Waals surface area contributed by atoms with Crippen molar-refractivity contribution < 1.29 is 23.5 Å². The number of ketones is 2. The monoisotopic (exact) mass is 266 g/mol. The average Bonchev–Trinajstić information content (AvgIpc) is 2.88. The fourth-order valence-electron chi connectivity index (χ4n) is 1.57. The van der Waals surface area contributed by atoms with E-state index in [9.17, 15) is 14.4 Å². The Labute approximate surface area is 111 Å². The second-order valence-electron chi connectivity index (χ2n) is 4.51. The smallest absolute Gasteiger partial charge is 0.317 e. The van der Waals surface area contributed by atoms with Crippen LogP contribution in [0.4, 0.5) is 0 Å². The first-order valence-electron chi connectivity index (χ1n) is 6.23. The van der Waals surface area contributed by atoms with Gasteiger partial charge in [-0.2, -0.15) is 0 Å². The molecule has 0 amide bonds. The number of carbonyl (C=O) groups excluding carboxylic acids is 3. The summed E-state index contributed by atoms with van der Waals surface area (Å²) < 4.78 is 9.68. The Balaban J connectivity index is 2.89. The number of esters is 1. The van der Waals surface area contributed by atoms with E-state index >= 15 is 0 Å². The van der Waals surface area contributed by atoms with Gasteiger partial charge in [-0.15, -0.1) is 0 Å². The fourth-order valence-corrected chi connectivity index (χ4v) is 1.57. The van der Waals surface area contributed by atoms with Gasteiger partial charge in [0.2, 0.25) is 0 Å². The molecular formula is C14H18O5. The highest BCUT2D eigenvalue weighted by Crippen LogP contribution is 2.17. The summed E-state index contributed by atoms with van der Waals surface area (Å²) in [5.74, 6) is -2.57. The number of furan rings is 1. The van der Waals surface area contributed by atoms with Crippen molar-refractivity contribution >= 4 is 17.5 Å². The molecule has 0 bridgehead atoms. The normalized spacial score (nSPS) is 12.2. The molecule has 0 radical (unpaired) electrons. The van der Waals surface area contributed by atoms with Crippen LogP contribution in [0.1, 0.15) is 37.6 Å². The second kappa shape index (κ2) is 6.87. The van der Waals surface area contributed by atoms with Crippen molar-refractivity contribution in [3.63, 3.8) is 0 Å². The van der Waals surface area contributed by atoms with Crippen molar-refractivity contribution in [3.8, 4) is 0 Å². The summed E-state index contributed by atoms with van der Waals surface area (Å²) in [4.78, 5) is 35.7. The summed E-state index contributed by atoms with van der Waals surface area (Å²) in [5.41, 5.74) is 0.273. The van der Waals surface area contributed by atoms with Crippen LogP contribution in [0.3, 0.4) is 0 Å². The van der Waals surface area contributed by atoms with Crippen LogP contribution in [-0.2, 0) is 14.3 Å². The molecule has 0 saturated carbocycles. The van der Waals surface area contributed by atoms with Crippen molar-refractivity contribution in [1.29, 1.82) is 0 Å². The van der Waals surface area contributed by atoms with Crippen molar-refractivity contribution in [2.24, 2.45) is 11.8 Å². The van der Waals surface area contributed by atoms with Gasteiger partial charge in [0.1, 0.15) is 18.0 Å². The highest BCUT2D eigenvalue weighted by molar-refractivity contribution is 6.10. The molecule has 1 rings (SSSR count). The van der Waals surface area contributed by atoms with E-state index in [2.05, 4.69) is 0 Å². The molecule has 0 fully saturated rings. The summed E-state index contributed by atoms with van der Waals surface area (Å²) in [5, 5.41) is 0. The molecule has 1 heterocycles. The van der Waals surface area contributed by atoms with E-state index in [4.69, 9.17) is 9.15 Å². The number of hydrogen-bond donors (Lipinski definition) is 0. The SMILES string of the molecule is CCOC(=O)C(CC(=O)C(C)C)C(=O)c1ccoc1. The van der Waals surface area contributed by atoms with Gasteiger partial charge < -0.3 is 9.15 Å². The highest BCUT2D eigenvalue weighted by atomic mass is 16.5. The second-order valence-corrected chi connectivity index (χ2v) is 4.51. The Morgan fingerprint density at radius 1 is 1.32 bits per heavy atom. The highest BCUT2D eigenvalue weighted by Gasteiger charge is 2.32. The van der Waals surface area contributed by atoms with Gasteiger partial charge in [0.15, 0.2) is 5.78 Å². The summed E-state index contributed by atoms with van der Waals surface area (Å²) in [6.07, 6.45) is 2.47. The minimum absolute atomic E-state index is 0.138. The molecule has 0 N–H and O–H groups in total. The molecule has 0 aliphatic heterocycles. The van der Waals surface area contributed by atoms with E-state index in [-0.39, 0.29) is 30.3 Å². The molecule has 1 unspecified atom stereocenters. The molecule has 0 aliphatic rings. The Morgan fingerprint density at radius 3 is 2.47 bits per heavy atom. The quantitative estimate of drug-likeness (QED) is 0.430. The maximum atomic E-state index is 12.2. The van der Waals surface area contributed by atoms with Crippen LogP contribution in [-0.4, -0.2) is 24.1 Å². The molecule has 5 nitrogen and oxygen atoms in total. The van der Waals surface area contributed by atoms with E-state index < -0.39 is 17.7 Å². The summed E-state index contributed by atoms with van der Waals surface area (Å²) in [6, 6.07) is 1.47. The number of hydrogen-bond acceptors (Lipinski definition) is 5. The maximum Gasteiger partial charge on any atom is 0.317 e. The van der Waals surface area contributed by atoms with Crippen molar-refractivity contribution in [2.75, 3.05) is 6.61 Å². The Kier molecular flexibility index (Phi) is 5.48. The van der Waals surface area contributed by atoms with Crippen LogP contribution in [0.25, 0.3) is 0 Å². The Hall–Kier alpha value is -1.91. The Morgan fingerprint density at radius 2 is 2.00 bits per heavy atom. The van der Waals surface area contributed by atoms with Crippen molar-refractivity contribution in [3.05, 3.63) is 24.2 Å². The van der Waals surface area contributed by atoms with E-state index in [1.165, 1.54) is 18.6 Å². The number of Topliss-reactive ketones (excluding diaryl/α,β-unsaturated/α-hetero) is 2. The number of ether oxygens (including phenoxy) is 1. The van der Waals surface area contributed by atoms with Crippen LogP contribution in [0, 0.1) is 11.8 Å². The first kappa shape index (κ1) is 15.1. The van der Waals surface area contributed by atoms with Gasteiger partial charge in [-0.3, -0.25) is 14.4 Å². The third-order valence-corrected chi connectivity index (χ3v) is 2.74. The summed E-state index contributed by atoms with van der Waals surface area (Å²) >= 11 is 0. The third-order valence-electron chi connectivity index (χ3n) is 2.74. The van der Waals surface area contributed by atoms with Crippen LogP contribution in [0.5, 0.6) is 0 Å².